The number of thiophene rings is 1. The number of aromatic nitrogens is 5. The van der Waals surface area contributed by atoms with Gasteiger partial charge < -0.3 is 19.3 Å². The topological polar surface area (TPSA) is 98.5 Å². The minimum atomic E-state index is -0.797. The number of hydrogen-bond acceptors (Lipinski definition) is 9. The highest BCUT2D eigenvalue weighted by atomic mass is 32.1. The van der Waals surface area contributed by atoms with Gasteiger partial charge in [-0.1, -0.05) is 6.58 Å². The van der Waals surface area contributed by atoms with Crippen molar-refractivity contribution in [2.75, 3.05) is 39.3 Å². The molecule has 0 fully saturated rings. The Hall–Kier alpha value is -4.75. The minimum absolute atomic E-state index is 0.0240. The summed E-state index contributed by atoms with van der Waals surface area (Å²) >= 11 is 1.40. The maximum Gasteiger partial charge on any atom is 0.246 e. The Morgan fingerprint density at radius 2 is 2.00 bits per heavy atom. The molecule has 4 aromatic heterocycles. The highest BCUT2D eigenvalue weighted by molar-refractivity contribution is 7.18. The van der Waals surface area contributed by atoms with Gasteiger partial charge in [0.2, 0.25) is 5.91 Å². The number of benzene rings is 1. The van der Waals surface area contributed by atoms with Gasteiger partial charge >= 0.3 is 0 Å². The molecule has 0 aliphatic carbocycles. The van der Waals surface area contributed by atoms with Crippen LogP contribution in [0.1, 0.15) is 12.6 Å². The van der Waals surface area contributed by atoms with Crippen LogP contribution in [0.3, 0.4) is 0 Å². The van der Waals surface area contributed by atoms with Crippen molar-refractivity contribution in [1.29, 1.82) is 0 Å². The summed E-state index contributed by atoms with van der Waals surface area (Å²) in [6, 6.07) is 7.53. The summed E-state index contributed by atoms with van der Waals surface area (Å²) in [5.41, 5.74) is 3.44. The molecule has 0 unspecified atom stereocenters. The van der Waals surface area contributed by atoms with Crippen molar-refractivity contribution >= 4 is 33.1 Å². The first-order valence-electron chi connectivity index (χ1n) is 14.2. The van der Waals surface area contributed by atoms with Crippen LogP contribution in [-0.4, -0.2) is 76.2 Å². The Balaban J connectivity index is 1.63. The van der Waals surface area contributed by atoms with Gasteiger partial charge in [-0.15, -0.1) is 16.4 Å². The second kappa shape index (κ2) is 12.3. The summed E-state index contributed by atoms with van der Waals surface area (Å²) in [5.74, 6) is -1.08. The van der Waals surface area contributed by atoms with Crippen molar-refractivity contribution in [3.63, 3.8) is 0 Å². The lowest BCUT2D eigenvalue weighted by atomic mass is 9.96. The number of rotatable bonds is 9. The van der Waals surface area contributed by atoms with Crippen LogP contribution in [0.4, 0.5) is 14.6 Å². The second-order valence-corrected chi connectivity index (χ2v) is 11.8. The van der Waals surface area contributed by atoms with Crippen LogP contribution in [0.15, 0.2) is 54.6 Å². The van der Waals surface area contributed by atoms with E-state index in [0.29, 0.717) is 51.8 Å². The summed E-state index contributed by atoms with van der Waals surface area (Å²) in [6.07, 6.45) is 2.93. The van der Waals surface area contributed by atoms with Crippen molar-refractivity contribution in [1.82, 2.24) is 29.9 Å². The zero-order valence-corrected chi connectivity index (χ0v) is 26.1. The van der Waals surface area contributed by atoms with Crippen LogP contribution in [0.5, 0.6) is 5.75 Å². The molecule has 1 aromatic carbocycles. The molecule has 1 atom stereocenters. The maximum atomic E-state index is 16.0. The molecule has 0 saturated heterocycles. The Morgan fingerprint density at radius 1 is 1.18 bits per heavy atom. The summed E-state index contributed by atoms with van der Waals surface area (Å²) in [5, 5.41) is 16.0. The van der Waals surface area contributed by atoms with Gasteiger partial charge in [-0.05, 0) is 36.6 Å². The third-order valence-electron chi connectivity index (χ3n) is 7.66. The highest BCUT2D eigenvalue weighted by Gasteiger charge is 2.30. The molecule has 0 saturated carbocycles. The van der Waals surface area contributed by atoms with Gasteiger partial charge in [0.15, 0.2) is 5.82 Å². The summed E-state index contributed by atoms with van der Waals surface area (Å²) in [6.45, 7) is 6.67. The van der Waals surface area contributed by atoms with Gasteiger partial charge in [-0.3, -0.25) is 9.48 Å². The lowest BCUT2D eigenvalue weighted by Crippen LogP contribution is -2.44. The van der Waals surface area contributed by atoms with E-state index in [9.17, 15) is 9.18 Å². The number of ether oxygens (including phenoxy) is 2. The first-order chi connectivity index (χ1) is 21.7. The number of fused-ring (bicyclic) bond motifs is 2. The molecule has 0 bridgehead atoms. The van der Waals surface area contributed by atoms with E-state index in [2.05, 4.69) is 16.8 Å². The van der Waals surface area contributed by atoms with Gasteiger partial charge in [0, 0.05) is 60.6 Å². The number of hydrogen-bond donors (Lipinski definition) is 0. The average Bonchev–Trinajstić information content (AvgIpc) is 3.67. The van der Waals surface area contributed by atoms with Crippen LogP contribution in [-0.2, 0) is 22.6 Å². The largest absolute Gasteiger partial charge is 0.490 e. The predicted molar refractivity (Wildman–Crippen MR) is 169 cm³/mol. The highest BCUT2D eigenvalue weighted by Crippen LogP contribution is 2.47. The van der Waals surface area contributed by atoms with E-state index >= 15 is 4.39 Å². The van der Waals surface area contributed by atoms with Crippen LogP contribution < -0.4 is 9.64 Å². The molecule has 1 amide bonds. The number of carbonyl (C=O) groups excluding carboxylic acids is 1. The fourth-order valence-electron chi connectivity index (χ4n) is 5.46. The molecule has 10 nitrogen and oxygen atoms in total. The van der Waals surface area contributed by atoms with Crippen LogP contribution in [0, 0.1) is 11.6 Å². The van der Waals surface area contributed by atoms with Gasteiger partial charge in [-0.25, -0.2) is 13.8 Å². The van der Waals surface area contributed by atoms with Gasteiger partial charge in [0.1, 0.15) is 35.4 Å². The molecule has 5 aromatic rings. The summed E-state index contributed by atoms with van der Waals surface area (Å²) < 4.78 is 44.1. The van der Waals surface area contributed by atoms with E-state index in [0.717, 1.165) is 17.1 Å². The molecule has 6 rings (SSSR count). The molecule has 0 spiro atoms. The van der Waals surface area contributed by atoms with E-state index in [1.165, 1.54) is 30.6 Å². The molecule has 1 aliphatic heterocycles. The summed E-state index contributed by atoms with van der Waals surface area (Å²) in [4.78, 5) is 21.3. The monoisotopic (exact) mass is 631 g/mol. The predicted octanol–water partition coefficient (Wildman–Crippen LogP) is 5.57. The number of halogens is 2. The molecular formula is C32H31F2N7O3S. The van der Waals surface area contributed by atoms with Gasteiger partial charge in [-0.2, -0.15) is 10.2 Å². The Kier molecular flexibility index (Phi) is 8.30. The third kappa shape index (κ3) is 5.64. The van der Waals surface area contributed by atoms with E-state index in [1.807, 2.05) is 54.2 Å². The molecule has 1 aliphatic rings. The van der Waals surface area contributed by atoms with Crippen molar-refractivity contribution in [2.24, 2.45) is 0 Å². The molecule has 45 heavy (non-hydrogen) atoms. The van der Waals surface area contributed by atoms with Crippen LogP contribution in [0.25, 0.3) is 43.9 Å². The first kappa shape index (κ1) is 30.3. The Morgan fingerprint density at radius 3 is 2.76 bits per heavy atom. The lowest BCUT2D eigenvalue weighted by molar-refractivity contribution is -0.129. The van der Waals surface area contributed by atoms with Crippen LogP contribution >= 0.6 is 11.3 Å². The first-order valence-corrected chi connectivity index (χ1v) is 15.1. The number of methoxy groups -OCH3 is 1. The van der Waals surface area contributed by atoms with E-state index < -0.39 is 11.6 Å². The molecular weight excluding hydrogens is 600 g/mol. The van der Waals surface area contributed by atoms with E-state index in [1.54, 1.807) is 11.1 Å². The number of carbonyl (C=O) groups is 1. The quantitative estimate of drug-likeness (QED) is 0.154. The van der Waals surface area contributed by atoms with Gasteiger partial charge in [0.05, 0.1) is 42.8 Å². The lowest BCUT2D eigenvalue weighted by Gasteiger charge is -2.33. The summed E-state index contributed by atoms with van der Waals surface area (Å²) in [7, 11) is 5.26. The fourth-order valence-corrected chi connectivity index (χ4v) is 6.40. The van der Waals surface area contributed by atoms with Crippen LogP contribution in [0.2, 0.25) is 0 Å². The molecule has 232 valence electrons. The smallest absolute Gasteiger partial charge is 0.246 e. The number of nitrogens with zero attached hydrogens (tertiary/aromatic N) is 7. The number of pyridine rings is 1. The fraction of sp³-hybridized carbons (Fsp3) is 0.281. The SMILES string of the molecule is C=CC(=O)N1Cc2cc(-c3nc(-c4cnnc(N(C)C)c4)c4ccsc4c3-c3c(F)cc(F)cc3OCCOC)nn2C[C@H]1C. The number of amides is 1. The zero-order valence-electron chi connectivity index (χ0n) is 25.3. The number of anilines is 1. The normalized spacial score (nSPS) is 14.4. The molecule has 0 N–H and O–H groups in total. The minimum Gasteiger partial charge on any atom is -0.490 e. The third-order valence-corrected chi connectivity index (χ3v) is 8.59. The molecule has 13 heteroatoms. The van der Waals surface area contributed by atoms with E-state index in [-0.39, 0.29) is 36.5 Å². The second-order valence-electron chi connectivity index (χ2n) is 10.9. The van der Waals surface area contributed by atoms with Crippen molar-refractivity contribution in [2.45, 2.75) is 26.1 Å². The van der Waals surface area contributed by atoms with Crippen molar-refractivity contribution in [3.05, 3.63) is 71.9 Å². The molecule has 0 radical (unpaired) electrons. The Bertz CT molecular complexity index is 1920. The standard InChI is InChI=1S/C32H31F2N7O3S/c1-6-27(42)40-17-21-14-24(38-41(21)16-18(40)2)31-29(28-23(34)12-20(33)13-25(28)44-9-8-43-5)32-22(7-10-45-32)30(36-31)19-11-26(39(3)4)37-35-15-19/h6-7,10-15,18H,1,8-9,16-17H2,2-5H3/t18-/m1/s1. The van der Waals surface area contributed by atoms with Crippen molar-refractivity contribution in [3.8, 4) is 39.5 Å². The van der Waals surface area contributed by atoms with Gasteiger partial charge in [0.25, 0.3) is 0 Å². The Labute approximate surface area is 262 Å². The zero-order chi connectivity index (χ0) is 31.8. The maximum absolute atomic E-state index is 16.0. The molecule has 5 heterocycles. The average molecular weight is 632 g/mol. The van der Waals surface area contributed by atoms with Crippen molar-refractivity contribution < 1.29 is 23.0 Å². The van der Waals surface area contributed by atoms with E-state index in [4.69, 9.17) is 19.6 Å².